The number of aromatic nitrogens is 1. The van der Waals surface area contributed by atoms with Crippen LogP contribution in [-0.2, 0) is 10.6 Å². The molecule has 4 rings (SSSR count). The van der Waals surface area contributed by atoms with Crippen molar-refractivity contribution in [3.05, 3.63) is 48.3 Å². The van der Waals surface area contributed by atoms with Crippen LogP contribution in [-0.4, -0.2) is 41.1 Å². The summed E-state index contributed by atoms with van der Waals surface area (Å²) in [6.45, 7) is 0. The van der Waals surface area contributed by atoms with Gasteiger partial charge in [-0.2, -0.15) is 0 Å². The van der Waals surface area contributed by atoms with Crippen LogP contribution >= 0.6 is 0 Å². The molecule has 1 unspecified atom stereocenters. The number of hydrogen-bond acceptors (Lipinski definition) is 6. The van der Waals surface area contributed by atoms with Crippen molar-refractivity contribution < 1.29 is 14.6 Å². The Morgan fingerprint density at radius 1 is 1.33 bits per heavy atom. The number of esters is 1. The molecule has 1 saturated carbocycles. The molecule has 142 valence electrons. The highest BCUT2D eigenvalue weighted by molar-refractivity contribution is 5.94. The van der Waals surface area contributed by atoms with Gasteiger partial charge in [0.05, 0.1) is 24.3 Å². The Morgan fingerprint density at radius 3 is 2.85 bits per heavy atom. The minimum absolute atomic E-state index is 0.211. The van der Waals surface area contributed by atoms with Crippen molar-refractivity contribution >= 4 is 23.1 Å². The average molecular weight is 368 g/mol. The van der Waals surface area contributed by atoms with E-state index in [0.29, 0.717) is 5.56 Å². The molecule has 2 heterocycles. The first-order valence-electron chi connectivity index (χ1n) is 9.25. The van der Waals surface area contributed by atoms with E-state index in [9.17, 15) is 9.90 Å². The minimum atomic E-state index is -0.877. The van der Waals surface area contributed by atoms with Gasteiger partial charge in [-0.15, -0.1) is 0 Å². The van der Waals surface area contributed by atoms with Crippen LogP contribution in [0.15, 0.2) is 47.7 Å². The fraction of sp³-hybridized carbons (Fsp3) is 0.400. The first-order valence-corrected chi connectivity index (χ1v) is 9.25. The van der Waals surface area contributed by atoms with E-state index < -0.39 is 5.91 Å². The number of rotatable bonds is 4. The quantitative estimate of drug-likeness (QED) is 0.719. The Morgan fingerprint density at radius 2 is 2.15 bits per heavy atom. The number of ether oxygens (including phenoxy) is 1. The van der Waals surface area contributed by atoms with Crippen molar-refractivity contribution in [3.63, 3.8) is 0 Å². The van der Waals surface area contributed by atoms with Gasteiger partial charge in [0, 0.05) is 24.7 Å². The fourth-order valence-corrected chi connectivity index (χ4v) is 3.84. The molecular weight excluding hydrogens is 344 g/mol. The zero-order valence-electron chi connectivity index (χ0n) is 15.3. The first kappa shape index (κ1) is 17.8. The zero-order valence-corrected chi connectivity index (χ0v) is 15.3. The van der Waals surface area contributed by atoms with Gasteiger partial charge in [-0.25, -0.2) is 9.79 Å². The van der Waals surface area contributed by atoms with Crippen molar-refractivity contribution in [1.29, 1.82) is 0 Å². The largest absolute Gasteiger partial charge is 0.465 e. The number of aliphatic hydroxyl groups is 1. The molecule has 27 heavy (non-hydrogen) atoms. The number of aliphatic imine (C=N–C) groups is 1. The summed E-state index contributed by atoms with van der Waals surface area (Å²) in [5, 5.41) is 17.8. The Labute approximate surface area is 157 Å². The molecule has 1 aliphatic heterocycles. The van der Waals surface area contributed by atoms with Gasteiger partial charge >= 0.3 is 5.97 Å². The Balaban J connectivity index is 1.73. The van der Waals surface area contributed by atoms with Crippen LogP contribution in [0.2, 0.25) is 0 Å². The molecule has 0 saturated heterocycles. The minimum Gasteiger partial charge on any atom is -0.465 e. The summed E-state index contributed by atoms with van der Waals surface area (Å²) in [7, 11) is 1.38. The molecule has 2 aromatic rings. The number of fused-ring (bicyclic) bond motifs is 1. The molecule has 1 aromatic carbocycles. The third-order valence-electron chi connectivity index (χ3n) is 5.29. The van der Waals surface area contributed by atoms with Crippen LogP contribution in [0.5, 0.6) is 0 Å². The highest BCUT2D eigenvalue weighted by Crippen LogP contribution is 2.28. The second kappa shape index (κ2) is 7.17. The summed E-state index contributed by atoms with van der Waals surface area (Å²) in [6.07, 6.45) is 10.5. The van der Waals surface area contributed by atoms with Crippen LogP contribution in [0.4, 0.5) is 0 Å². The zero-order chi connectivity index (χ0) is 18.9. The van der Waals surface area contributed by atoms with E-state index in [1.807, 2.05) is 41.2 Å². The molecule has 7 heteroatoms. The van der Waals surface area contributed by atoms with E-state index in [2.05, 4.69) is 10.6 Å². The van der Waals surface area contributed by atoms with E-state index in [0.717, 1.165) is 36.6 Å². The Bertz CT molecular complexity index is 896. The normalized spacial score (nSPS) is 27.5. The number of carbonyl (C=O) groups is 1. The summed E-state index contributed by atoms with van der Waals surface area (Å²) in [4.78, 5) is 16.7. The van der Waals surface area contributed by atoms with Crippen LogP contribution in [0.25, 0.3) is 10.9 Å². The van der Waals surface area contributed by atoms with Gasteiger partial charge in [0.15, 0.2) is 0 Å². The molecule has 0 bridgehead atoms. The smallest absolute Gasteiger partial charge is 0.337 e. The SMILES string of the molecule is COC(=O)c1ccc2ccn(C3(NC4CCC(O)CC4)N=CC=CN3)c2c1. The van der Waals surface area contributed by atoms with Crippen molar-refractivity contribution in [2.24, 2.45) is 4.99 Å². The van der Waals surface area contributed by atoms with Crippen LogP contribution in [0.3, 0.4) is 0 Å². The Hall–Kier alpha value is -2.64. The number of benzene rings is 1. The first-order chi connectivity index (χ1) is 13.1. The number of hydrogen-bond donors (Lipinski definition) is 3. The van der Waals surface area contributed by atoms with Gasteiger partial charge in [-0.05, 0) is 55.3 Å². The number of nitrogens with zero attached hydrogens (tertiary/aromatic N) is 2. The topological polar surface area (TPSA) is 87.9 Å². The number of carbonyl (C=O) groups excluding carboxylic acids is 1. The van der Waals surface area contributed by atoms with Gasteiger partial charge in [0.2, 0.25) is 0 Å². The summed E-state index contributed by atoms with van der Waals surface area (Å²) < 4.78 is 6.86. The highest BCUT2D eigenvalue weighted by Gasteiger charge is 2.35. The number of allylic oxidation sites excluding steroid dienone is 1. The van der Waals surface area contributed by atoms with Crippen molar-refractivity contribution in [3.8, 4) is 0 Å². The maximum atomic E-state index is 12.0. The number of nitrogens with one attached hydrogen (secondary N) is 2. The van der Waals surface area contributed by atoms with Gasteiger partial charge in [0.25, 0.3) is 5.91 Å². The second-order valence-electron chi connectivity index (χ2n) is 7.05. The third kappa shape index (κ3) is 3.36. The predicted molar refractivity (Wildman–Crippen MR) is 103 cm³/mol. The fourth-order valence-electron chi connectivity index (χ4n) is 3.84. The standard InChI is InChI=1S/C20H24N4O3/c1-27-19(26)15-4-3-14-9-12-24(18(14)13-15)20(21-10-2-11-22-20)23-16-5-7-17(25)8-6-16/h2-4,9-13,16-17,21,23,25H,5-8H2,1H3. The molecule has 7 nitrogen and oxygen atoms in total. The van der Waals surface area contributed by atoms with Crippen LogP contribution < -0.4 is 10.6 Å². The lowest BCUT2D eigenvalue weighted by Crippen LogP contribution is -2.59. The van der Waals surface area contributed by atoms with E-state index in [-0.39, 0.29) is 18.1 Å². The lowest BCUT2D eigenvalue weighted by molar-refractivity contribution is 0.0600. The molecule has 3 N–H and O–H groups in total. The molecule has 0 radical (unpaired) electrons. The van der Waals surface area contributed by atoms with Crippen molar-refractivity contribution in [2.75, 3.05) is 7.11 Å². The van der Waals surface area contributed by atoms with Crippen molar-refractivity contribution in [1.82, 2.24) is 15.2 Å². The predicted octanol–water partition coefficient (Wildman–Crippen LogP) is 2.08. The molecule has 1 aliphatic carbocycles. The molecular formula is C20H24N4O3. The van der Waals surface area contributed by atoms with Crippen LogP contribution in [0.1, 0.15) is 36.0 Å². The summed E-state index contributed by atoms with van der Waals surface area (Å²) in [5.41, 5.74) is 1.37. The second-order valence-corrected chi connectivity index (χ2v) is 7.05. The maximum absolute atomic E-state index is 12.0. The average Bonchev–Trinajstić information content (AvgIpc) is 3.14. The molecule has 1 fully saturated rings. The molecule has 1 aromatic heterocycles. The van der Waals surface area contributed by atoms with E-state index in [1.54, 1.807) is 12.3 Å². The Kier molecular flexibility index (Phi) is 4.72. The van der Waals surface area contributed by atoms with Gasteiger partial charge in [-0.1, -0.05) is 6.07 Å². The summed E-state index contributed by atoms with van der Waals surface area (Å²) in [6, 6.07) is 7.72. The molecule has 2 aliphatic rings. The van der Waals surface area contributed by atoms with Gasteiger partial charge < -0.3 is 15.2 Å². The summed E-state index contributed by atoms with van der Waals surface area (Å²) in [5.74, 6) is -1.24. The third-order valence-corrected chi connectivity index (χ3v) is 5.29. The number of methoxy groups -OCH3 is 1. The molecule has 1 atom stereocenters. The lowest BCUT2D eigenvalue weighted by atomic mass is 9.93. The number of aliphatic hydroxyl groups excluding tert-OH is 1. The van der Waals surface area contributed by atoms with E-state index >= 15 is 0 Å². The monoisotopic (exact) mass is 368 g/mol. The van der Waals surface area contributed by atoms with Gasteiger partial charge in [-0.3, -0.25) is 9.88 Å². The summed E-state index contributed by atoms with van der Waals surface area (Å²) >= 11 is 0. The molecule has 0 amide bonds. The van der Waals surface area contributed by atoms with E-state index in [1.165, 1.54) is 7.11 Å². The lowest BCUT2D eigenvalue weighted by Gasteiger charge is -2.39. The van der Waals surface area contributed by atoms with Crippen molar-refractivity contribution in [2.45, 2.75) is 43.7 Å². The highest BCUT2D eigenvalue weighted by atomic mass is 16.5. The molecule has 0 spiro atoms. The maximum Gasteiger partial charge on any atom is 0.337 e. The van der Waals surface area contributed by atoms with E-state index in [4.69, 9.17) is 9.73 Å². The van der Waals surface area contributed by atoms with Crippen LogP contribution in [0, 0.1) is 0 Å². The van der Waals surface area contributed by atoms with Gasteiger partial charge in [0.1, 0.15) is 0 Å².